The molecule has 1 aliphatic heterocycles. The zero-order chi connectivity index (χ0) is 21.6. The number of carbonyl (C=O) groups excluding carboxylic acids is 1. The van der Waals surface area contributed by atoms with Gasteiger partial charge in [0.1, 0.15) is 5.75 Å². The Labute approximate surface area is 186 Å². The molecule has 2 aromatic carbocycles. The Hall–Kier alpha value is -3.01. The summed E-state index contributed by atoms with van der Waals surface area (Å²) in [5.41, 5.74) is 1.58. The summed E-state index contributed by atoms with van der Waals surface area (Å²) in [6.45, 7) is 4.15. The SMILES string of the molecule is COc1ccccc1-c1nn(CN2CCN(CC(=O)Nc3ccccc3)CC2)c(=S)o1. The number of amides is 1. The summed E-state index contributed by atoms with van der Waals surface area (Å²) in [5, 5.41) is 7.47. The minimum absolute atomic E-state index is 0.000166. The highest BCUT2D eigenvalue weighted by atomic mass is 32.1. The number of benzene rings is 2. The Morgan fingerprint density at radius 2 is 1.74 bits per heavy atom. The number of nitrogens with one attached hydrogen (secondary N) is 1. The van der Waals surface area contributed by atoms with Crippen molar-refractivity contribution in [2.24, 2.45) is 0 Å². The smallest absolute Gasteiger partial charge is 0.288 e. The lowest BCUT2D eigenvalue weighted by atomic mass is 10.2. The molecule has 1 saturated heterocycles. The molecule has 0 unspecified atom stereocenters. The Bertz CT molecular complexity index is 1070. The fraction of sp³-hybridized carbons (Fsp3) is 0.318. The van der Waals surface area contributed by atoms with Crippen molar-refractivity contribution >= 4 is 23.8 Å². The van der Waals surface area contributed by atoms with Gasteiger partial charge in [-0.15, -0.1) is 5.10 Å². The predicted molar refractivity (Wildman–Crippen MR) is 120 cm³/mol. The Morgan fingerprint density at radius 1 is 1.06 bits per heavy atom. The molecule has 4 rings (SSSR count). The molecule has 0 bridgehead atoms. The van der Waals surface area contributed by atoms with Gasteiger partial charge in [0.15, 0.2) is 0 Å². The highest BCUT2D eigenvalue weighted by Gasteiger charge is 2.21. The fourth-order valence-electron chi connectivity index (χ4n) is 3.53. The van der Waals surface area contributed by atoms with E-state index in [4.69, 9.17) is 21.4 Å². The van der Waals surface area contributed by atoms with Gasteiger partial charge < -0.3 is 14.5 Å². The second-order valence-corrected chi connectivity index (χ2v) is 7.67. The van der Waals surface area contributed by atoms with Crippen LogP contribution in [0.4, 0.5) is 5.69 Å². The molecule has 8 nitrogen and oxygen atoms in total. The summed E-state index contributed by atoms with van der Waals surface area (Å²) < 4.78 is 12.8. The lowest BCUT2D eigenvalue weighted by molar-refractivity contribution is -0.117. The van der Waals surface area contributed by atoms with Crippen LogP contribution in [-0.4, -0.2) is 65.3 Å². The van der Waals surface area contributed by atoms with E-state index in [9.17, 15) is 4.79 Å². The van der Waals surface area contributed by atoms with Crippen molar-refractivity contribution in [2.45, 2.75) is 6.67 Å². The van der Waals surface area contributed by atoms with Gasteiger partial charge in [-0.1, -0.05) is 30.3 Å². The van der Waals surface area contributed by atoms with Gasteiger partial charge in [-0.05, 0) is 36.5 Å². The van der Waals surface area contributed by atoms with E-state index in [0.29, 0.717) is 29.7 Å². The average molecular weight is 440 g/mol. The maximum Gasteiger partial charge on any atom is 0.288 e. The predicted octanol–water partition coefficient (Wildman–Crippen LogP) is 3.09. The van der Waals surface area contributed by atoms with Gasteiger partial charge >= 0.3 is 0 Å². The molecule has 0 atom stereocenters. The zero-order valence-electron chi connectivity index (χ0n) is 17.4. The maximum absolute atomic E-state index is 12.3. The van der Waals surface area contributed by atoms with E-state index in [1.165, 1.54) is 0 Å². The molecule has 0 saturated carbocycles. The highest BCUT2D eigenvalue weighted by molar-refractivity contribution is 7.71. The molecule has 1 N–H and O–H groups in total. The van der Waals surface area contributed by atoms with Gasteiger partial charge in [0, 0.05) is 31.9 Å². The summed E-state index contributed by atoms with van der Waals surface area (Å²) >= 11 is 5.37. The van der Waals surface area contributed by atoms with E-state index in [-0.39, 0.29) is 5.91 Å². The van der Waals surface area contributed by atoms with Crippen molar-refractivity contribution in [3.05, 3.63) is 59.4 Å². The first-order valence-electron chi connectivity index (χ1n) is 10.1. The third kappa shape index (κ3) is 5.38. The van der Waals surface area contributed by atoms with Crippen molar-refractivity contribution in [3.63, 3.8) is 0 Å². The van der Waals surface area contributed by atoms with E-state index in [1.807, 2.05) is 54.6 Å². The number of ether oxygens (including phenoxy) is 1. The second kappa shape index (κ2) is 9.86. The second-order valence-electron chi connectivity index (χ2n) is 7.32. The van der Waals surface area contributed by atoms with Gasteiger partial charge in [0.05, 0.1) is 25.9 Å². The standard InChI is InChI=1S/C22H25N5O3S/c1-29-19-10-6-5-9-18(19)21-24-27(22(31)30-21)16-26-13-11-25(12-14-26)15-20(28)23-17-7-3-2-4-8-17/h2-10H,11-16H2,1H3,(H,23,28). The van der Waals surface area contributed by atoms with Crippen molar-refractivity contribution in [2.75, 3.05) is 45.2 Å². The lowest BCUT2D eigenvalue weighted by Gasteiger charge is -2.33. The highest BCUT2D eigenvalue weighted by Crippen LogP contribution is 2.28. The molecule has 0 spiro atoms. The molecule has 1 aliphatic rings. The van der Waals surface area contributed by atoms with E-state index in [2.05, 4.69) is 20.2 Å². The van der Waals surface area contributed by atoms with Crippen LogP contribution in [0.3, 0.4) is 0 Å². The number of piperazine rings is 1. The molecular weight excluding hydrogens is 414 g/mol. The van der Waals surface area contributed by atoms with E-state index in [0.717, 1.165) is 37.4 Å². The third-order valence-corrected chi connectivity index (χ3v) is 5.46. The van der Waals surface area contributed by atoms with Gasteiger partial charge in [-0.2, -0.15) is 0 Å². The number of nitrogens with zero attached hydrogens (tertiary/aromatic N) is 4. The maximum atomic E-state index is 12.3. The summed E-state index contributed by atoms with van der Waals surface area (Å²) in [7, 11) is 1.62. The zero-order valence-corrected chi connectivity index (χ0v) is 18.2. The molecule has 2 heterocycles. The number of hydrogen-bond acceptors (Lipinski definition) is 7. The average Bonchev–Trinajstić information content (AvgIpc) is 3.15. The minimum atomic E-state index is -0.000166. The van der Waals surface area contributed by atoms with Crippen LogP contribution in [0.15, 0.2) is 59.0 Å². The molecule has 3 aromatic rings. The summed E-state index contributed by atoms with van der Waals surface area (Å²) in [4.78, 5) is 17.0. The number of methoxy groups -OCH3 is 1. The van der Waals surface area contributed by atoms with Crippen LogP contribution in [0, 0.1) is 4.84 Å². The van der Waals surface area contributed by atoms with Gasteiger partial charge in [0.25, 0.3) is 10.7 Å². The number of para-hydroxylation sites is 2. The molecule has 0 aliphatic carbocycles. The molecular formula is C22H25N5O3S. The van der Waals surface area contributed by atoms with Crippen LogP contribution in [0.5, 0.6) is 5.75 Å². The van der Waals surface area contributed by atoms with Crippen LogP contribution in [0.2, 0.25) is 0 Å². The van der Waals surface area contributed by atoms with E-state index >= 15 is 0 Å². The first kappa shape index (κ1) is 21.2. The van der Waals surface area contributed by atoms with Crippen LogP contribution >= 0.6 is 12.2 Å². The van der Waals surface area contributed by atoms with Crippen molar-refractivity contribution in [3.8, 4) is 17.2 Å². The Balaban J connectivity index is 1.31. The van der Waals surface area contributed by atoms with E-state index < -0.39 is 0 Å². The minimum Gasteiger partial charge on any atom is -0.496 e. The topological polar surface area (TPSA) is 75.8 Å². The number of rotatable bonds is 7. The molecule has 1 aromatic heterocycles. The number of aromatic nitrogens is 2. The number of hydrogen-bond donors (Lipinski definition) is 1. The summed E-state index contributed by atoms with van der Waals surface area (Å²) in [6, 6.07) is 17.1. The van der Waals surface area contributed by atoms with E-state index in [1.54, 1.807) is 11.8 Å². The largest absolute Gasteiger partial charge is 0.496 e. The molecule has 0 radical (unpaired) electrons. The van der Waals surface area contributed by atoms with Gasteiger partial charge in [0.2, 0.25) is 5.91 Å². The van der Waals surface area contributed by atoms with Crippen molar-refractivity contribution in [1.29, 1.82) is 0 Å². The molecule has 162 valence electrons. The first-order chi connectivity index (χ1) is 15.1. The van der Waals surface area contributed by atoms with Gasteiger partial charge in [-0.25, -0.2) is 4.68 Å². The number of carbonyl (C=O) groups is 1. The van der Waals surface area contributed by atoms with Crippen LogP contribution < -0.4 is 10.1 Å². The molecule has 1 amide bonds. The number of anilines is 1. The summed E-state index contributed by atoms with van der Waals surface area (Å²) in [6.07, 6.45) is 0. The Kier molecular flexibility index (Phi) is 6.76. The van der Waals surface area contributed by atoms with Crippen LogP contribution in [0.1, 0.15) is 0 Å². The monoisotopic (exact) mass is 439 g/mol. The third-order valence-electron chi connectivity index (χ3n) is 5.17. The summed E-state index contributed by atoms with van der Waals surface area (Å²) in [5.74, 6) is 1.13. The normalized spacial score (nSPS) is 15.0. The quantitative estimate of drug-likeness (QED) is 0.567. The van der Waals surface area contributed by atoms with Crippen LogP contribution in [-0.2, 0) is 11.5 Å². The van der Waals surface area contributed by atoms with Crippen molar-refractivity contribution in [1.82, 2.24) is 19.6 Å². The molecule has 31 heavy (non-hydrogen) atoms. The van der Waals surface area contributed by atoms with Crippen LogP contribution in [0.25, 0.3) is 11.5 Å². The Morgan fingerprint density at radius 3 is 2.48 bits per heavy atom. The first-order valence-corrected chi connectivity index (χ1v) is 10.5. The van der Waals surface area contributed by atoms with Crippen molar-refractivity contribution < 1.29 is 13.9 Å². The van der Waals surface area contributed by atoms with Gasteiger partial charge in [-0.3, -0.25) is 14.6 Å². The fourth-order valence-corrected chi connectivity index (χ4v) is 3.71. The lowest BCUT2D eigenvalue weighted by Crippen LogP contribution is -2.48. The molecule has 9 heteroatoms. The molecule has 1 fully saturated rings.